The Morgan fingerprint density at radius 3 is 2.74 bits per heavy atom. The van der Waals surface area contributed by atoms with Crippen molar-refractivity contribution in [3.05, 3.63) is 18.5 Å². The standard InChI is InChI=1S/C13H17F2N3O/c14-13(15)7-10(13)6-11(19)16-8-12(2-3-12)9-18-5-1-4-17-18/h1,4-5,10H,2-3,6-9H2,(H,16,19)/t10-/m0/s1. The molecule has 0 radical (unpaired) electrons. The van der Waals surface area contributed by atoms with E-state index in [-0.39, 0.29) is 24.2 Å². The zero-order valence-electron chi connectivity index (χ0n) is 10.6. The molecule has 1 heterocycles. The summed E-state index contributed by atoms with van der Waals surface area (Å²) in [5.74, 6) is -3.60. The van der Waals surface area contributed by atoms with Gasteiger partial charge >= 0.3 is 0 Å². The molecule has 2 fully saturated rings. The average Bonchev–Trinajstić information content (AvgIpc) is 3.13. The summed E-state index contributed by atoms with van der Waals surface area (Å²) in [6, 6.07) is 1.86. The van der Waals surface area contributed by atoms with Crippen LogP contribution < -0.4 is 5.32 Å². The van der Waals surface area contributed by atoms with Crippen molar-refractivity contribution in [2.45, 2.75) is 38.2 Å². The highest BCUT2D eigenvalue weighted by atomic mass is 19.3. The summed E-state index contributed by atoms with van der Waals surface area (Å²) in [7, 11) is 0. The second-order valence-corrected chi connectivity index (χ2v) is 5.85. The molecule has 0 saturated heterocycles. The highest BCUT2D eigenvalue weighted by Gasteiger charge is 2.57. The van der Waals surface area contributed by atoms with Gasteiger partial charge in [0, 0.05) is 49.7 Å². The number of halogens is 2. The van der Waals surface area contributed by atoms with E-state index >= 15 is 0 Å². The minimum Gasteiger partial charge on any atom is -0.355 e. The Kier molecular flexibility index (Phi) is 2.83. The lowest BCUT2D eigenvalue weighted by Gasteiger charge is -2.16. The molecular weight excluding hydrogens is 252 g/mol. The number of nitrogens with zero attached hydrogens (tertiary/aromatic N) is 2. The van der Waals surface area contributed by atoms with Gasteiger partial charge in [0.2, 0.25) is 5.91 Å². The second kappa shape index (κ2) is 4.28. The third-order valence-electron chi connectivity index (χ3n) is 4.06. The predicted molar refractivity (Wildman–Crippen MR) is 64.6 cm³/mol. The fraction of sp³-hybridized carbons (Fsp3) is 0.692. The third-order valence-corrected chi connectivity index (χ3v) is 4.06. The lowest BCUT2D eigenvalue weighted by Crippen LogP contribution is -2.32. The van der Waals surface area contributed by atoms with Crippen LogP contribution in [0.15, 0.2) is 18.5 Å². The van der Waals surface area contributed by atoms with Crippen molar-refractivity contribution in [1.29, 1.82) is 0 Å². The molecule has 1 N–H and O–H groups in total. The smallest absolute Gasteiger partial charge is 0.252 e. The molecule has 2 saturated carbocycles. The quantitative estimate of drug-likeness (QED) is 0.856. The zero-order valence-corrected chi connectivity index (χ0v) is 10.6. The molecule has 1 aromatic heterocycles. The van der Waals surface area contributed by atoms with E-state index in [9.17, 15) is 13.6 Å². The molecule has 2 aliphatic carbocycles. The van der Waals surface area contributed by atoms with Gasteiger partial charge < -0.3 is 5.32 Å². The number of aromatic nitrogens is 2. The molecule has 2 aliphatic rings. The van der Waals surface area contributed by atoms with Gasteiger partial charge in [-0.1, -0.05) is 0 Å². The number of carbonyl (C=O) groups is 1. The van der Waals surface area contributed by atoms with Crippen molar-refractivity contribution in [3.63, 3.8) is 0 Å². The summed E-state index contributed by atoms with van der Waals surface area (Å²) in [5.41, 5.74) is 0.0771. The second-order valence-electron chi connectivity index (χ2n) is 5.85. The van der Waals surface area contributed by atoms with E-state index in [1.165, 1.54) is 0 Å². The Balaban J connectivity index is 1.43. The van der Waals surface area contributed by atoms with Gasteiger partial charge in [0.25, 0.3) is 5.92 Å². The molecule has 0 aliphatic heterocycles. The SMILES string of the molecule is O=C(C[C@H]1CC1(F)F)NCC1(Cn2cccn2)CC1. The first-order valence-electron chi connectivity index (χ1n) is 6.61. The topological polar surface area (TPSA) is 46.9 Å². The zero-order chi connectivity index (χ0) is 13.5. The molecule has 0 aromatic carbocycles. The van der Waals surface area contributed by atoms with Gasteiger partial charge in [-0.2, -0.15) is 5.10 Å². The normalized spacial score (nSPS) is 25.9. The van der Waals surface area contributed by atoms with Gasteiger partial charge in [0.15, 0.2) is 0 Å². The Labute approximate surface area is 110 Å². The van der Waals surface area contributed by atoms with E-state index in [1.54, 1.807) is 6.20 Å². The van der Waals surface area contributed by atoms with Crippen molar-refractivity contribution in [2.24, 2.45) is 11.3 Å². The lowest BCUT2D eigenvalue weighted by atomic mass is 10.1. The third kappa shape index (κ3) is 2.93. The van der Waals surface area contributed by atoms with Crippen LogP contribution in [0.4, 0.5) is 8.78 Å². The fourth-order valence-electron chi connectivity index (χ4n) is 2.38. The molecule has 1 atom stereocenters. The van der Waals surface area contributed by atoms with E-state index in [4.69, 9.17) is 0 Å². The Hall–Kier alpha value is -1.46. The molecule has 104 valence electrons. The number of alkyl halides is 2. The van der Waals surface area contributed by atoms with Crippen molar-refractivity contribution in [3.8, 4) is 0 Å². The van der Waals surface area contributed by atoms with E-state index in [1.807, 2.05) is 16.9 Å². The maximum Gasteiger partial charge on any atom is 0.252 e. The maximum absolute atomic E-state index is 12.7. The minimum absolute atomic E-state index is 0.0507. The summed E-state index contributed by atoms with van der Waals surface area (Å²) < 4.78 is 27.3. The van der Waals surface area contributed by atoms with Crippen molar-refractivity contribution in [2.75, 3.05) is 6.54 Å². The minimum atomic E-state index is -2.61. The molecule has 4 nitrogen and oxygen atoms in total. The fourth-order valence-corrected chi connectivity index (χ4v) is 2.38. The van der Waals surface area contributed by atoms with Crippen molar-refractivity contribution >= 4 is 5.91 Å². The first kappa shape index (κ1) is 12.6. The molecular formula is C13H17F2N3O. The number of hydrogen-bond donors (Lipinski definition) is 1. The van der Waals surface area contributed by atoms with Gasteiger partial charge in [-0.05, 0) is 18.9 Å². The van der Waals surface area contributed by atoms with Crippen LogP contribution in [0.3, 0.4) is 0 Å². The number of nitrogens with one attached hydrogen (secondary N) is 1. The van der Waals surface area contributed by atoms with Crippen LogP contribution in [-0.2, 0) is 11.3 Å². The number of rotatable bonds is 6. The van der Waals surface area contributed by atoms with Crippen LogP contribution in [0.1, 0.15) is 25.7 Å². The van der Waals surface area contributed by atoms with E-state index in [0.717, 1.165) is 19.4 Å². The Morgan fingerprint density at radius 1 is 1.47 bits per heavy atom. The van der Waals surface area contributed by atoms with Crippen molar-refractivity contribution in [1.82, 2.24) is 15.1 Å². The summed E-state index contributed by atoms with van der Waals surface area (Å²) in [6.45, 7) is 1.34. The number of hydrogen-bond acceptors (Lipinski definition) is 2. The molecule has 0 spiro atoms. The molecule has 0 unspecified atom stereocenters. The molecule has 1 amide bonds. The van der Waals surface area contributed by atoms with Gasteiger partial charge in [-0.3, -0.25) is 9.48 Å². The van der Waals surface area contributed by atoms with Crippen LogP contribution in [0.5, 0.6) is 0 Å². The van der Waals surface area contributed by atoms with E-state index < -0.39 is 11.8 Å². The molecule has 0 bridgehead atoms. The lowest BCUT2D eigenvalue weighted by molar-refractivity contribution is -0.122. The summed E-state index contributed by atoms with van der Waals surface area (Å²) in [4.78, 5) is 11.6. The molecule has 6 heteroatoms. The van der Waals surface area contributed by atoms with Gasteiger partial charge in [0.1, 0.15) is 0 Å². The summed E-state index contributed by atoms with van der Waals surface area (Å²) >= 11 is 0. The van der Waals surface area contributed by atoms with E-state index in [2.05, 4.69) is 10.4 Å². The summed E-state index contributed by atoms with van der Waals surface area (Å²) in [6.07, 6.45) is 5.53. The molecule has 19 heavy (non-hydrogen) atoms. The van der Waals surface area contributed by atoms with Gasteiger partial charge in [0.05, 0.1) is 0 Å². The average molecular weight is 269 g/mol. The van der Waals surface area contributed by atoms with Gasteiger partial charge in [-0.25, -0.2) is 8.78 Å². The first-order valence-corrected chi connectivity index (χ1v) is 6.61. The van der Waals surface area contributed by atoms with E-state index in [0.29, 0.717) is 6.54 Å². The maximum atomic E-state index is 12.7. The molecule has 3 rings (SSSR count). The van der Waals surface area contributed by atoms with Crippen LogP contribution in [0.2, 0.25) is 0 Å². The largest absolute Gasteiger partial charge is 0.355 e. The van der Waals surface area contributed by atoms with Gasteiger partial charge in [-0.15, -0.1) is 0 Å². The molecule has 1 aromatic rings. The first-order chi connectivity index (χ1) is 8.99. The highest BCUT2D eigenvalue weighted by Crippen LogP contribution is 2.50. The van der Waals surface area contributed by atoms with Crippen LogP contribution >= 0.6 is 0 Å². The Bertz CT molecular complexity index is 468. The summed E-state index contributed by atoms with van der Waals surface area (Å²) in [5, 5.41) is 6.94. The van der Waals surface area contributed by atoms with Crippen LogP contribution in [0.25, 0.3) is 0 Å². The van der Waals surface area contributed by atoms with Crippen molar-refractivity contribution < 1.29 is 13.6 Å². The number of carbonyl (C=O) groups excluding carboxylic acids is 1. The number of amides is 1. The monoisotopic (exact) mass is 269 g/mol. The van der Waals surface area contributed by atoms with Crippen LogP contribution in [0, 0.1) is 11.3 Å². The van der Waals surface area contributed by atoms with Crippen LogP contribution in [-0.4, -0.2) is 28.2 Å². The predicted octanol–water partition coefficient (Wildman–Crippen LogP) is 1.82. The highest BCUT2D eigenvalue weighted by molar-refractivity contribution is 5.76. The Morgan fingerprint density at radius 2 is 2.21 bits per heavy atom.